The normalized spacial score (nSPS) is 17.8. The van der Waals surface area contributed by atoms with Crippen molar-refractivity contribution in [3.8, 4) is 0 Å². The molecule has 2 nitrogen and oxygen atoms in total. The third-order valence-corrected chi connectivity index (χ3v) is 4.61. The van der Waals surface area contributed by atoms with Crippen molar-refractivity contribution in [2.75, 3.05) is 0 Å². The monoisotopic (exact) mass is 232 g/mol. The Morgan fingerprint density at radius 3 is 2.62 bits per heavy atom. The molecule has 0 saturated carbocycles. The first-order valence-electron chi connectivity index (χ1n) is 4.93. The lowest BCUT2D eigenvalue weighted by atomic mass is 10.1. The van der Waals surface area contributed by atoms with Gasteiger partial charge in [0, 0.05) is 5.56 Å². The van der Waals surface area contributed by atoms with Crippen LogP contribution in [0.25, 0.3) is 5.57 Å². The van der Waals surface area contributed by atoms with Crippen LogP contribution in [0.1, 0.15) is 12.5 Å². The number of allylic oxidation sites excluding steroid dienone is 5. The van der Waals surface area contributed by atoms with E-state index in [-0.39, 0.29) is 0 Å². The first kappa shape index (κ1) is 10.9. The van der Waals surface area contributed by atoms with Gasteiger partial charge in [-0.3, -0.25) is 0 Å². The van der Waals surface area contributed by atoms with Gasteiger partial charge in [-0.2, -0.15) is 0 Å². The third kappa shape index (κ3) is 1.44. The van der Waals surface area contributed by atoms with Gasteiger partial charge in [-0.1, -0.05) is 43.0 Å². The van der Waals surface area contributed by atoms with E-state index in [9.17, 15) is 8.42 Å². The summed E-state index contributed by atoms with van der Waals surface area (Å²) in [6.45, 7) is 5.22. The smallest absolute Gasteiger partial charge is 0.203 e. The third-order valence-electron chi connectivity index (χ3n) is 2.65. The van der Waals surface area contributed by atoms with E-state index in [1.165, 1.54) is 0 Å². The zero-order chi connectivity index (χ0) is 11.8. The molecule has 0 radical (unpaired) electrons. The predicted octanol–water partition coefficient (Wildman–Crippen LogP) is 2.95. The van der Waals surface area contributed by atoms with Crippen LogP contribution in [0, 0.1) is 0 Å². The standard InChI is InChI=1S/C13H12O2S/c1-3-4-7-11-10(2)16(14,15)13-9-6-5-8-12(11)13/h3-9H,1H2,2H3/b7-4-. The highest BCUT2D eigenvalue weighted by atomic mass is 32.2. The van der Waals surface area contributed by atoms with E-state index in [0.717, 1.165) is 11.1 Å². The molecule has 1 aliphatic rings. The summed E-state index contributed by atoms with van der Waals surface area (Å²) in [5, 5.41) is 0. The number of benzene rings is 1. The Hall–Kier alpha value is -1.61. The summed E-state index contributed by atoms with van der Waals surface area (Å²) < 4.78 is 24.1. The Balaban J connectivity index is 2.74. The second-order valence-electron chi connectivity index (χ2n) is 3.56. The summed E-state index contributed by atoms with van der Waals surface area (Å²) in [7, 11) is -3.27. The Kier molecular flexibility index (Phi) is 2.56. The Bertz CT molecular complexity index is 605. The lowest BCUT2D eigenvalue weighted by Gasteiger charge is -1.97. The minimum atomic E-state index is -3.27. The molecule has 0 aliphatic carbocycles. The van der Waals surface area contributed by atoms with E-state index in [1.54, 1.807) is 37.3 Å². The quantitative estimate of drug-likeness (QED) is 0.735. The fourth-order valence-corrected chi connectivity index (χ4v) is 3.32. The maximum absolute atomic E-state index is 12.0. The molecule has 0 atom stereocenters. The van der Waals surface area contributed by atoms with Crippen LogP contribution in [0.5, 0.6) is 0 Å². The molecule has 82 valence electrons. The van der Waals surface area contributed by atoms with Crippen LogP contribution in [0.3, 0.4) is 0 Å². The second kappa shape index (κ2) is 3.76. The largest absolute Gasteiger partial charge is 0.219 e. The van der Waals surface area contributed by atoms with E-state index in [1.807, 2.05) is 12.1 Å². The molecule has 0 aromatic heterocycles. The van der Waals surface area contributed by atoms with Crippen molar-refractivity contribution in [2.45, 2.75) is 11.8 Å². The van der Waals surface area contributed by atoms with E-state index in [2.05, 4.69) is 6.58 Å². The zero-order valence-electron chi connectivity index (χ0n) is 8.97. The summed E-state index contributed by atoms with van der Waals surface area (Å²) in [6.07, 6.45) is 5.16. The molecular formula is C13H12O2S. The Morgan fingerprint density at radius 1 is 1.25 bits per heavy atom. The van der Waals surface area contributed by atoms with Crippen LogP contribution < -0.4 is 0 Å². The number of rotatable bonds is 2. The van der Waals surface area contributed by atoms with Crippen LogP contribution in [0.4, 0.5) is 0 Å². The molecule has 0 amide bonds. The number of hydrogen-bond donors (Lipinski definition) is 0. The van der Waals surface area contributed by atoms with E-state index >= 15 is 0 Å². The summed E-state index contributed by atoms with van der Waals surface area (Å²) in [4.78, 5) is 0.808. The minimum Gasteiger partial charge on any atom is -0.219 e. The summed E-state index contributed by atoms with van der Waals surface area (Å²) >= 11 is 0. The van der Waals surface area contributed by atoms with Crippen molar-refractivity contribution in [3.63, 3.8) is 0 Å². The molecular weight excluding hydrogens is 220 g/mol. The van der Waals surface area contributed by atoms with Crippen molar-refractivity contribution in [1.29, 1.82) is 0 Å². The molecule has 0 bridgehead atoms. The molecule has 0 unspecified atom stereocenters. The first-order valence-corrected chi connectivity index (χ1v) is 6.42. The van der Waals surface area contributed by atoms with Crippen molar-refractivity contribution < 1.29 is 8.42 Å². The van der Waals surface area contributed by atoms with Gasteiger partial charge in [-0.05, 0) is 18.6 Å². The van der Waals surface area contributed by atoms with E-state index in [0.29, 0.717) is 9.80 Å². The van der Waals surface area contributed by atoms with Crippen molar-refractivity contribution >= 4 is 15.4 Å². The molecule has 16 heavy (non-hydrogen) atoms. The van der Waals surface area contributed by atoms with Gasteiger partial charge in [0.25, 0.3) is 0 Å². The van der Waals surface area contributed by atoms with Crippen LogP contribution in [0.15, 0.2) is 58.9 Å². The van der Waals surface area contributed by atoms with Crippen LogP contribution in [-0.2, 0) is 9.84 Å². The highest BCUT2D eigenvalue weighted by molar-refractivity contribution is 7.95. The van der Waals surface area contributed by atoms with Gasteiger partial charge in [0.15, 0.2) is 0 Å². The first-order chi connectivity index (χ1) is 7.59. The maximum atomic E-state index is 12.0. The Labute approximate surface area is 95.5 Å². The van der Waals surface area contributed by atoms with Crippen molar-refractivity contribution in [1.82, 2.24) is 0 Å². The van der Waals surface area contributed by atoms with Gasteiger partial charge in [0.2, 0.25) is 9.84 Å². The van der Waals surface area contributed by atoms with Crippen LogP contribution in [-0.4, -0.2) is 8.42 Å². The van der Waals surface area contributed by atoms with Crippen LogP contribution >= 0.6 is 0 Å². The molecule has 1 aromatic carbocycles. The molecule has 0 saturated heterocycles. The fraction of sp³-hybridized carbons (Fsp3) is 0.0769. The molecule has 1 heterocycles. The van der Waals surface area contributed by atoms with Gasteiger partial charge < -0.3 is 0 Å². The summed E-state index contributed by atoms with van der Waals surface area (Å²) in [5.74, 6) is 0. The van der Waals surface area contributed by atoms with Crippen LogP contribution in [0.2, 0.25) is 0 Å². The highest BCUT2D eigenvalue weighted by Crippen LogP contribution is 2.39. The average Bonchev–Trinajstić information content (AvgIpc) is 2.47. The molecule has 0 N–H and O–H groups in total. The molecule has 0 fully saturated rings. The number of sulfone groups is 1. The maximum Gasteiger partial charge on any atom is 0.203 e. The Morgan fingerprint density at radius 2 is 1.94 bits per heavy atom. The number of hydrogen-bond acceptors (Lipinski definition) is 2. The SMILES string of the molecule is C=C/C=C\C1=C(C)S(=O)(=O)c2ccccc21. The molecule has 3 heteroatoms. The van der Waals surface area contributed by atoms with Gasteiger partial charge in [-0.25, -0.2) is 8.42 Å². The fourth-order valence-electron chi connectivity index (χ4n) is 1.79. The van der Waals surface area contributed by atoms with Crippen molar-refractivity contribution in [2.24, 2.45) is 0 Å². The molecule has 1 aromatic rings. The van der Waals surface area contributed by atoms with Gasteiger partial charge in [-0.15, -0.1) is 0 Å². The molecule has 2 rings (SSSR count). The summed E-state index contributed by atoms with van der Waals surface area (Å²) in [6, 6.07) is 7.05. The van der Waals surface area contributed by atoms with Crippen molar-refractivity contribution in [3.05, 3.63) is 59.5 Å². The topological polar surface area (TPSA) is 34.1 Å². The molecule has 1 aliphatic heterocycles. The predicted molar refractivity (Wildman–Crippen MR) is 65.6 cm³/mol. The van der Waals surface area contributed by atoms with Gasteiger partial charge in [0.1, 0.15) is 0 Å². The zero-order valence-corrected chi connectivity index (χ0v) is 9.79. The lowest BCUT2D eigenvalue weighted by Crippen LogP contribution is -1.96. The number of fused-ring (bicyclic) bond motifs is 1. The summed E-state index contributed by atoms with van der Waals surface area (Å²) in [5.41, 5.74) is 1.54. The van der Waals surface area contributed by atoms with Gasteiger partial charge in [0.05, 0.1) is 9.80 Å². The van der Waals surface area contributed by atoms with E-state index in [4.69, 9.17) is 0 Å². The van der Waals surface area contributed by atoms with E-state index < -0.39 is 9.84 Å². The lowest BCUT2D eigenvalue weighted by molar-refractivity contribution is 0.603. The average molecular weight is 232 g/mol. The molecule has 0 spiro atoms. The second-order valence-corrected chi connectivity index (χ2v) is 5.62. The highest BCUT2D eigenvalue weighted by Gasteiger charge is 2.30. The van der Waals surface area contributed by atoms with Gasteiger partial charge >= 0.3 is 0 Å². The minimum absolute atomic E-state index is 0.399.